The van der Waals surface area contributed by atoms with Crippen LogP contribution in [0.2, 0.25) is 10.0 Å². The highest BCUT2D eigenvalue weighted by Gasteiger charge is 2.24. The van der Waals surface area contributed by atoms with Crippen molar-refractivity contribution >= 4 is 41.4 Å². The molecular weight excluding hydrogens is 365 g/mol. The highest BCUT2D eigenvalue weighted by atomic mass is 35.5. The minimum atomic E-state index is -0.924. The van der Waals surface area contributed by atoms with Crippen LogP contribution >= 0.6 is 23.2 Å². The Morgan fingerprint density at radius 1 is 1.12 bits per heavy atom. The third-order valence-electron chi connectivity index (χ3n) is 3.54. The molecule has 1 unspecified atom stereocenters. The number of rotatable bonds is 6. The van der Waals surface area contributed by atoms with Crippen LogP contribution in [-0.2, 0) is 16.0 Å². The van der Waals surface area contributed by atoms with Crippen molar-refractivity contribution in [3.05, 3.63) is 69.2 Å². The van der Waals surface area contributed by atoms with E-state index < -0.39 is 17.9 Å². The van der Waals surface area contributed by atoms with Gasteiger partial charge in [0.1, 0.15) is 12.3 Å². The lowest BCUT2D eigenvalue weighted by Gasteiger charge is -2.17. The molecule has 2 rings (SSSR count). The van der Waals surface area contributed by atoms with Crippen LogP contribution in [0.25, 0.3) is 0 Å². The van der Waals surface area contributed by atoms with E-state index in [1.807, 2.05) is 0 Å². The van der Waals surface area contributed by atoms with Gasteiger partial charge >= 0.3 is 5.97 Å². The van der Waals surface area contributed by atoms with Crippen molar-refractivity contribution in [2.24, 2.45) is 0 Å². The van der Waals surface area contributed by atoms with Gasteiger partial charge in [-0.1, -0.05) is 53.5 Å². The van der Waals surface area contributed by atoms with E-state index in [-0.39, 0.29) is 22.0 Å². The molecule has 0 spiro atoms. The fourth-order valence-corrected chi connectivity index (χ4v) is 2.82. The molecule has 130 valence electrons. The van der Waals surface area contributed by atoms with Gasteiger partial charge in [-0.25, -0.2) is 4.79 Å². The predicted molar refractivity (Wildman–Crippen MR) is 95.3 cm³/mol. The first kappa shape index (κ1) is 19.0. The molecule has 0 aliphatic heterocycles. The maximum Gasteiger partial charge on any atom is 0.328 e. The molecule has 25 heavy (non-hydrogen) atoms. The summed E-state index contributed by atoms with van der Waals surface area (Å²) in [7, 11) is 1.24. The van der Waals surface area contributed by atoms with E-state index in [0.29, 0.717) is 5.56 Å². The molecule has 0 radical (unpaired) electrons. The smallest absolute Gasteiger partial charge is 0.328 e. The Bertz CT molecular complexity index is 770. The van der Waals surface area contributed by atoms with Gasteiger partial charge in [0.25, 0.3) is 5.91 Å². The van der Waals surface area contributed by atoms with Gasteiger partial charge in [0.15, 0.2) is 0 Å². The third kappa shape index (κ3) is 4.81. The van der Waals surface area contributed by atoms with Crippen LogP contribution in [0.4, 0.5) is 0 Å². The summed E-state index contributed by atoms with van der Waals surface area (Å²) in [5.74, 6) is -1.17. The number of ether oxygens (including phenoxy) is 1. The Morgan fingerprint density at radius 2 is 1.72 bits per heavy atom. The molecule has 1 atom stereocenters. The molecule has 0 saturated carbocycles. The van der Waals surface area contributed by atoms with Crippen molar-refractivity contribution in [2.75, 3.05) is 7.11 Å². The topological polar surface area (TPSA) is 72.5 Å². The first-order chi connectivity index (χ1) is 12.0. The SMILES string of the molecule is COC(=O)C(Cc1ccc(C=O)cc1)NC(=O)c1c(Cl)cccc1Cl. The van der Waals surface area contributed by atoms with Crippen LogP contribution in [0.5, 0.6) is 0 Å². The summed E-state index contributed by atoms with van der Waals surface area (Å²) in [5, 5.41) is 2.96. The Morgan fingerprint density at radius 3 is 2.24 bits per heavy atom. The second-order valence-electron chi connectivity index (χ2n) is 5.21. The van der Waals surface area contributed by atoms with Crippen molar-refractivity contribution < 1.29 is 19.1 Å². The molecule has 0 fully saturated rings. The summed E-state index contributed by atoms with van der Waals surface area (Å²) >= 11 is 12.0. The monoisotopic (exact) mass is 379 g/mol. The number of esters is 1. The number of carbonyl (C=O) groups is 3. The van der Waals surface area contributed by atoms with Crippen LogP contribution < -0.4 is 5.32 Å². The minimum absolute atomic E-state index is 0.0936. The van der Waals surface area contributed by atoms with Gasteiger partial charge in [0, 0.05) is 12.0 Å². The fourth-order valence-electron chi connectivity index (χ4n) is 2.25. The number of hydrogen-bond acceptors (Lipinski definition) is 4. The number of halogens is 2. The van der Waals surface area contributed by atoms with E-state index >= 15 is 0 Å². The van der Waals surface area contributed by atoms with Gasteiger partial charge in [0.2, 0.25) is 0 Å². The number of amides is 1. The van der Waals surface area contributed by atoms with E-state index in [4.69, 9.17) is 27.9 Å². The Labute approximate surface area is 154 Å². The second kappa shape index (κ2) is 8.65. The van der Waals surface area contributed by atoms with Crippen LogP contribution in [0.15, 0.2) is 42.5 Å². The molecule has 2 aromatic rings. The predicted octanol–water partition coefficient (Wildman–Crippen LogP) is 3.32. The molecule has 0 aromatic heterocycles. The molecule has 0 saturated heterocycles. The van der Waals surface area contributed by atoms with Gasteiger partial charge in [-0.15, -0.1) is 0 Å². The molecular formula is C18H15Cl2NO4. The lowest BCUT2D eigenvalue weighted by Crippen LogP contribution is -2.43. The van der Waals surface area contributed by atoms with Crippen molar-refractivity contribution in [1.29, 1.82) is 0 Å². The molecule has 1 N–H and O–H groups in total. The van der Waals surface area contributed by atoms with E-state index in [1.165, 1.54) is 19.2 Å². The van der Waals surface area contributed by atoms with E-state index in [2.05, 4.69) is 5.32 Å². The zero-order chi connectivity index (χ0) is 18.4. The lowest BCUT2D eigenvalue weighted by atomic mass is 10.0. The normalized spacial score (nSPS) is 11.5. The highest BCUT2D eigenvalue weighted by molar-refractivity contribution is 6.39. The quantitative estimate of drug-likeness (QED) is 0.617. The highest BCUT2D eigenvalue weighted by Crippen LogP contribution is 2.24. The van der Waals surface area contributed by atoms with Crippen molar-refractivity contribution in [2.45, 2.75) is 12.5 Å². The number of aldehydes is 1. The fraction of sp³-hybridized carbons (Fsp3) is 0.167. The summed E-state index contributed by atoms with van der Waals surface area (Å²) in [6.45, 7) is 0. The van der Waals surface area contributed by atoms with Crippen LogP contribution in [0.1, 0.15) is 26.3 Å². The second-order valence-corrected chi connectivity index (χ2v) is 6.02. The van der Waals surface area contributed by atoms with Gasteiger partial charge < -0.3 is 10.1 Å². The van der Waals surface area contributed by atoms with Gasteiger partial charge in [-0.3, -0.25) is 9.59 Å². The average Bonchev–Trinajstić information content (AvgIpc) is 2.61. The van der Waals surface area contributed by atoms with E-state index in [9.17, 15) is 14.4 Å². The molecule has 0 bridgehead atoms. The first-order valence-corrected chi connectivity index (χ1v) is 8.08. The number of benzene rings is 2. The molecule has 7 heteroatoms. The Balaban J connectivity index is 2.21. The molecule has 2 aromatic carbocycles. The molecule has 0 aliphatic rings. The average molecular weight is 380 g/mol. The Hall–Kier alpha value is -2.37. The summed E-state index contributed by atoms with van der Waals surface area (Å²) in [6.07, 6.45) is 0.919. The molecule has 0 heterocycles. The lowest BCUT2D eigenvalue weighted by molar-refractivity contribution is -0.142. The number of nitrogens with one attached hydrogen (secondary N) is 1. The van der Waals surface area contributed by atoms with Crippen molar-refractivity contribution in [3.8, 4) is 0 Å². The van der Waals surface area contributed by atoms with E-state index in [1.54, 1.807) is 30.3 Å². The van der Waals surface area contributed by atoms with Gasteiger partial charge in [-0.05, 0) is 17.7 Å². The zero-order valence-electron chi connectivity index (χ0n) is 13.3. The number of hydrogen-bond donors (Lipinski definition) is 1. The van der Waals surface area contributed by atoms with Gasteiger partial charge in [0.05, 0.1) is 22.7 Å². The van der Waals surface area contributed by atoms with Crippen LogP contribution in [0.3, 0.4) is 0 Å². The molecule has 0 aliphatic carbocycles. The van der Waals surface area contributed by atoms with Crippen LogP contribution in [0, 0.1) is 0 Å². The van der Waals surface area contributed by atoms with Crippen LogP contribution in [-0.4, -0.2) is 31.3 Å². The van der Waals surface area contributed by atoms with E-state index in [0.717, 1.165) is 11.8 Å². The first-order valence-electron chi connectivity index (χ1n) is 7.33. The summed E-state index contributed by atoms with van der Waals surface area (Å²) in [5.41, 5.74) is 1.37. The maximum absolute atomic E-state index is 12.5. The summed E-state index contributed by atoms with van der Waals surface area (Å²) in [4.78, 5) is 35.2. The number of carbonyl (C=O) groups excluding carboxylic acids is 3. The third-order valence-corrected chi connectivity index (χ3v) is 4.17. The van der Waals surface area contributed by atoms with Crippen molar-refractivity contribution in [1.82, 2.24) is 5.32 Å². The maximum atomic E-state index is 12.5. The minimum Gasteiger partial charge on any atom is -0.467 e. The molecule has 5 nitrogen and oxygen atoms in total. The standard InChI is InChI=1S/C18H15Cl2NO4/c1-25-18(24)15(9-11-5-7-12(10-22)8-6-11)21-17(23)16-13(19)3-2-4-14(16)20/h2-8,10,15H,9H2,1H3,(H,21,23). The Kier molecular flexibility index (Phi) is 6.56. The number of methoxy groups -OCH3 is 1. The van der Waals surface area contributed by atoms with Crippen molar-refractivity contribution in [3.63, 3.8) is 0 Å². The van der Waals surface area contributed by atoms with Gasteiger partial charge in [-0.2, -0.15) is 0 Å². The summed E-state index contributed by atoms with van der Waals surface area (Å²) < 4.78 is 4.75. The largest absolute Gasteiger partial charge is 0.467 e. The zero-order valence-corrected chi connectivity index (χ0v) is 14.8. The summed E-state index contributed by atoms with van der Waals surface area (Å²) in [6, 6.07) is 10.4. The molecule has 1 amide bonds.